The van der Waals surface area contributed by atoms with Crippen LogP contribution >= 0.6 is 15.9 Å². The normalized spacial score (nSPS) is 12.5. The van der Waals surface area contributed by atoms with E-state index in [0.29, 0.717) is 5.56 Å². The first-order valence-corrected chi connectivity index (χ1v) is 5.83. The van der Waals surface area contributed by atoms with Crippen molar-refractivity contribution >= 4 is 21.7 Å². The third-order valence-corrected chi connectivity index (χ3v) is 2.77. The molecule has 0 amide bonds. The predicted molar refractivity (Wildman–Crippen MR) is 64.2 cm³/mol. The summed E-state index contributed by atoms with van der Waals surface area (Å²) in [7, 11) is 0. The standard InChI is InChI=1S/C12H15BrO2/c1-3-9(2)15-8-12(14)10-4-6-11(13)7-5-10/h4-7,9H,3,8H2,1-2H3. The molecule has 0 saturated carbocycles. The monoisotopic (exact) mass is 270 g/mol. The molecule has 1 aromatic rings. The summed E-state index contributed by atoms with van der Waals surface area (Å²) in [4.78, 5) is 11.6. The zero-order valence-corrected chi connectivity index (χ0v) is 10.6. The number of rotatable bonds is 5. The maximum absolute atomic E-state index is 11.6. The highest BCUT2D eigenvalue weighted by molar-refractivity contribution is 9.10. The van der Waals surface area contributed by atoms with E-state index < -0.39 is 0 Å². The van der Waals surface area contributed by atoms with Crippen LogP contribution in [0.5, 0.6) is 0 Å². The smallest absolute Gasteiger partial charge is 0.188 e. The van der Waals surface area contributed by atoms with Gasteiger partial charge in [0.05, 0.1) is 6.10 Å². The summed E-state index contributed by atoms with van der Waals surface area (Å²) in [5.74, 6) is 0.0304. The van der Waals surface area contributed by atoms with Gasteiger partial charge < -0.3 is 4.74 Å². The molecule has 0 aliphatic carbocycles. The van der Waals surface area contributed by atoms with Gasteiger partial charge in [0, 0.05) is 10.0 Å². The van der Waals surface area contributed by atoms with E-state index in [1.807, 2.05) is 26.0 Å². The maximum Gasteiger partial charge on any atom is 0.188 e. The fraction of sp³-hybridized carbons (Fsp3) is 0.417. The molecule has 82 valence electrons. The maximum atomic E-state index is 11.6. The molecule has 0 aliphatic heterocycles. The van der Waals surface area contributed by atoms with Crippen LogP contribution in [0.4, 0.5) is 0 Å². The highest BCUT2D eigenvalue weighted by Gasteiger charge is 2.07. The van der Waals surface area contributed by atoms with Gasteiger partial charge in [-0.05, 0) is 25.5 Å². The van der Waals surface area contributed by atoms with Crippen LogP contribution in [0.1, 0.15) is 30.6 Å². The van der Waals surface area contributed by atoms with Gasteiger partial charge in [-0.1, -0.05) is 35.0 Å². The van der Waals surface area contributed by atoms with E-state index in [-0.39, 0.29) is 18.5 Å². The summed E-state index contributed by atoms with van der Waals surface area (Å²) in [6, 6.07) is 7.31. The highest BCUT2D eigenvalue weighted by Crippen LogP contribution is 2.11. The minimum absolute atomic E-state index is 0.0304. The van der Waals surface area contributed by atoms with Crippen LogP contribution in [-0.4, -0.2) is 18.5 Å². The van der Waals surface area contributed by atoms with Crippen molar-refractivity contribution in [3.8, 4) is 0 Å². The minimum Gasteiger partial charge on any atom is -0.370 e. The van der Waals surface area contributed by atoms with E-state index in [0.717, 1.165) is 10.9 Å². The van der Waals surface area contributed by atoms with E-state index in [1.54, 1.807) is 12.1 Å². The molecule has 0 fully saturated rings. The first-order valence-electron chi connectivity index (χ1n) is 5.04. The molecule has 0 aromatic heterocycles. The van der Waals surface area contributed by atoms with Crippen LogP contribution in [0, 0.1) is 0 Å². The Morgan fingerprint density at radius 1 is 1.40 bits per heavy atom. The molecular weight excluding hydrogens is 256 g/mol. The van der Waals surface area contributed by atoms with Crippen LogP contribution in [0.2, 0.25) is 0 Å². The number of Topliss-reactive ketones (excluding diaryl/α,β-unsaturated/α-hetero) is 1. The summed E-state index contributed by atoms with van der Waals surface area (Å²) in [5, 5.41) is 0. The number of benzene rings is 1. The van der Waals surface area contributed by atoms with Gasteiger partial charge in [0.15, 0.2) is 5.78 Å². The van der Waals surface area contributed by atoms with Crippen molar-refractivity contribution < 1.29 is 9.53 Å². The Hall–Kier alpha value is -0.670. The largest absolute Gasteiger partial charge is 0.370 e. The highest BCUT2D eigenvalue weighted by atomic mass is 79.9. The lowest BCUT2D eigenvalue weighted by Gasteiger charge is -2.09. The average molecular weight is 271 g/mol. The van der Waals surface area contributed by atoms with Crippen molar-refractivity contribution in [3.63, 3.8) is 0 Å². The Bertz CT molecular complexity index is 319. The summed E-state index contributed by atoms with van der Waals surface area (Å²) in [6.07, 6.45) is 1.07. The van der Waals surface area contributed by atoms with Crippen molar-refractivity contribution in [2.45, 2.75) is 26.4 Å². The van der Waals surface area contributed by atoms with Crippen molar-refractivity contribution in [1.82, 2.24) is 0 Å². The van der Waals surface area contributed by atoms with Crippen molar-refractivity contribution in [2.75, 3.05) is 6.61 Å². The van der Waals surface area contributed by atoms with Crippen molar-refractivity contribution in [1.29, 1.82) is 0 Å². The van der Waals surface area contributed by atoms with Gasteiger partial charge in [-0.15, -0.1) is 0 Å². The fourth-order valence-corrected chi connectivity index (χ4v) is 1.32. The van der Waals surface area contributed by atoms with Crippen LogP contribution in [0.25, 0.3) is 0 Å². The number of carbonyl (C=O) groups is 1. The molecule has 1 unspecified atom stereocenters. The lowest BCUT2D eigenvalue weighted by Crippen LogP contribution is -2.15. The number of hydrogen-bond acceptors (Lipinski definition) is 2. The van der Waals surface area contributed by atoms with Crippen LogP contribution in [0.3, 0.4) is 0 Å². The minimum atomic E-state index is 0.0304. The lowest BCUT2D eigenvalue weighted by molar-refractivity contribution is 0.0511. The molecule has 0 N–H and O–H groups in total. The SMILES string of the molecule is CCC(C)OCC(=O)c1ccc(Br)cc1. The second kappa shape index (κ2) is 6.03. The summed E-state index contributed by atoms with van der Waals surface area (Å²) in [5.41, 5.74) is 0.696. The summed E-state index contributed by atoms with van der Waals surface area (Å²) < 4.78 is 6.35. The van der Waals surface area contributed by atoms with Gasteiger partial charge in [-0.2, -0.15) is 0 Å². The van der Waals surface area contributed by atoms with Crippen molar-refractivity contribution in [2.24, 2.45) is 0 Å². The van der Waals surface area contributed by atoms with Gasteiger partial charge >= 0.3 is 0 Å². The number of carbonyl (C=O) groups excluding carboxylic acids is 1. The Balaban J connectivity index is 2.50. The molecule has 3 heteroatoms. The van der Waals surface area contributed by atoms with Crippen molar-refractivity contribution in [3.05, 3.63) is 34.3 Å². The average Bonchev–Trinajstić information content (AvgIpc) is 2.26. The molecule has 0 heterocycles. The molecule has 1 atom stereocenters. The first kappa shape index (κ1) is 12.4. The molecule has 1 rings (SSSR count). The lowest BCUT2D eigenvalue weighted by atomic mass is 10.1. The number of halogens is 1. The quantitative estimate of drug-likeness (QED) is 0.767. The van der Waals surface area contributed by atoms with E-state index >= 15 is 0 Å². The molecular formula is C12H15BrO2. The van der Waals surface area contributed by atoms with Gasteiger partial charge in [0.25, 0.3) is 0 Å². The number of ether oxygens (including phenoxy) is 1. The third-order valence-electron chi connectivity index (χ3n) is 2.24. The van der Waals surface area contributed by atoms with E-state index in [9.17, 15) is 4.79 Å². The number of hydrogen-bond donors (Lipinski definition) is 0. The third kappa shape index (κ3) is 4.14. The van der Waals surface area contributed by atoms with Gasteiger partial charge in [0.1, 0.15) is 6.61 Å². The van der Waals surface area contributed by atoms with E-state index in [1.165, 1.54) is 0 Å². The molecule has 0 bridgehead atoms. The second-order valence-corrected chi connectivity index (χ2v) is 4.38. The van der Waals surface area contributed by atoms with E-state index in [2.05, 4.69) is 15.9 Å². The van der Waals surface area contributed by atoms with E-state index in [4.69, 9.17) is 4.74 Å². The van der Waals surface area contributed by atoms with Crippen LogP contribution in [-0.2, 0) is 4.74 Å². The Kier molecular flexibility index (Phi) is 4.99. The van der Waals surface area contributed by atoms with Gasteiger partial charge in [-0.3, -0.25) is 4.79 Å². The fourth-order valence-electron chi connectivity index (χ4n) is 1.05. The molecule has 15 heavy (non-hydrogen) atoms. The Morgan fingerprint density at radius 3 is 2.53 bits per heavy atom. The van der Waals surface area contributed by atoms with Crippen LogP contribution < -0.4 is 0 Å². The zero-order valence-electron chi connectivity index (χ0n) is 9.00. The van der Waals surface area contributed by atoms with Gasteiger partial charge in [-0.25, -0.2) is 0 Å². The second-order valence-electron chi connectivity index (χ2n) is 3.46. The topological polar surface area (TPSA) is 26.3 Å². The first-order chi connectivity index (χ1) is 7.13. The summed E-state index contributed by atoms with van der Waals surface area (Å²) in [6.45, 7) is 4.17. The Labute approximate surface area is 98.8 Å². The molecule has 2 nitrogen and oxygen atoms in total. The predicted octanol–water partition coefficient (Wildman–Crippen LogP) is 3.45. The molecule has 0 radical (unpaired) electrons. The molecule has 0 aliphatic rings. The molecule has 0 saturated heterocycles. The van der Waals surface area contributed by atoms with Gasteiger partial charge in [0.2, 0.25) is 0 Å². The Morgan fingerprint density at radius 2 is 2.00 bits per heavy atom. The molecule has 0 spiro atoms. The number of ketones is 1. The summed E-state index contributed by atoms with van der Waals surface area (Å²) >= 11 is 3.33. The van der Waals surface area contributed by atoms with Crippen LogP contribution in [0.15, 0.2) is 28.7 Å². The zero-order chi connectivity index (χ0) is 11.3. The molecule has 1 aromatic carbocycles.